The Kier molecular flexibility index (Phi) is 6.36. The molecule has 1 N–H and O–H groups in total. The van der Waals surface area contributed by atoms with Gasteiger partial charge in [0.1, 0.15) is 6.61 Å². The summed E-state index contributed by atoms with van der Waals surface area (Å²) in [5, 5.41) is 9.20. The summed E-state index contributed by atoms with van der Waals surface area (Å²) in [6, 6.07) is 17.2. The third-order valence-corrected chi connectivity index (χ3v) is 7.32. The van der Waals surface area contributed by atoms with E-state index in [1.807, 2.05) is 54.6 Å². The number of para-hydroxylation sites is 1. The Morgan fingerprint density at radius 2 is 1.74 bits per heavy atom. The minimum atomic E-state index is -1.21. The second kappa shape index (κ2) is 9.60. The van der Waals surface area contributed by atoms with Gasteiger partial charge in [0.05, 0.1) is 5.69 Å². The highest BCUT2D eigenvalue weighted by molar-refractivity contribution is 5.90. The Morgan fingerprint density at radius 3 is 2.46 bits per heavy atom. The first-order valence-corrected chi connectivity index (χ1v) is 12.2. The molecule has 0 saturated heterocycles. The van der Waals surface area contributed by atoms with Crippen molar-refractivity contribution in [1.29, 1.82) is 0 Å². The van der Waals surface area contributed by atoms with Crippen LogP contribution >= 0.6 is 0 Å². The molecule has 2 aromatic rings. The standard InChI is InChI=1S/C27H30N2O6/c1-17(25(30)31)35-27(33)28(20-11-12-20)23-13-14-24-21(23)15-19-9-5-6-10-22(19)29(24)26(32)34-16-18-7-3-2-4-8-18/h2-10,17,20-21,23-24H,11-16H2,1H3,(H,30,31). The summed E-state index contributed by atoms with van der Waals surface area (Å²) < 4.78 is 11.0. The average molecular weight is 479 g/mol. The lowest BCUT2D eigenvalue weighted by atomic mass is 9.85. The average Bonchev–Trinajstić information content (AvgIpc) is 3.61. The Labute approximate surface area is 204 Å². The van der Waals surface area contributed by atoms with Crippen LogP contribution in [0.15, 0.2) is 54.6 Å². The molecule has 1 aliphatic heterocycles. The van der Waals surface area contributed by atoms with E-state index in [9.17, 15) is 19.5 Å². The second-order valence-corrected chi connectivity index (χ2v) is 9.62. The van der Waals surface area contributed by atoms with Crippen LogP contribution in [-0.4, -0.2) is 52.4 Å². The van der Waals surface area contributed by atoms with E-state index in [1.54, 1.807) is 9.80 Å². The van der Waals surface area contributed by atoms with E-state index in [-0.39, 0.29) is 30.7 Å². The summed E-state index contributed by atoms with van der Waals surface area (Å²) in [6.45, 7) is 1.55. The van der Waals surface area contributed by atoms with Crippen LogP contribution in [0.2, 0.25) is 0 Å². The molecule has 2 fully saturated rings. The molecule has 184 valence electrons. The van der Waals surface area contributed by atoms with Crippen LogP contribution in [0.1, 0.15) is 43.7 Å². The zero-order valence-corrected chi connectivity index (χ0v) is 19.7. The highest BCUT2D eigenvalue weighted by atomic mass is 16.6. The van der Waals surface area contributed by atoms with Crippen LogP contribution in [0.4, 0.5) is 15.3 Å². The van der Waals surface area contributed by atoms with Crippen molar-refractivity contribution in [1.82, 2.24) is 4.90 Å². The van der Waals surface area contributed by atoms with Gasteiger partial charge in [-0.1, -0.05) is 48.5 Å². The highest BCUT2D eigenvalue weighted by Crippen LogP contribution is 2.46. The fraction of sp³-hybridized carbons (Fsp3) is 0.444. The van der Waals surface area contributed by atoms with Crippen molar-refractivity contribution in [3.05, 3.63) is 65.7 Å². The molecule has 0 aromatic heterocycles. The number of carboxylic acids is 1. The minimum Gasteiger partial charge on any atom is -0.479 e. The van der Waals surface area contributed by atoms with E-state index in [0.29, 0.717) is 0 Å². The van der Waals surface area contributed by atoms with Crippen LogP contribution in [0.5, 0.6) is 0 Å². The summed E-state index contributed by atoms with van der Waals surface area (Å²) in [5.74, 6) is -1.15. The molecule has 2 saturated carbocycles. The van der Waals surface area contributed by atoms with Gasteiger partial charge in [-0.25, -0.2) is 14.4 Å². The Balaban J connectivity index is 1.39. The third kappa shape index (κ3) is 4.70. The van der Waals surface area contributed by atoms with Crippen molar-refractivity contribution in [2.75, 3.05) is 4.90 Å². The predicted molar refractivity (Wildman–Crippen MR) is 128 cm³/mol. The van der Waals surface area contributed by atoms with Gasteiger partial charge in [0.15, 0.2) is 6.10 Å². The lowest BCUT2D eigenvalue weighted by molar-refractivity contribution is -0.146. The number of rotatable bonds is 6. The molecule has 2 aromatic carbocycles. The molecule has 4 atom stereocenters. The number of carbonyl (C=O) groups excluding carboxylic acids is 2. The van der Waals surface area contributed by atoms with Crippen LogP contribution in [0.25, 0.3) is 0 Å². The van der Waals surface area contributed by atoms with E-state index in [0.717, 1.165) is 48.9 Å². The molecule has 0 bridgehead atoms. The topological polar surface area (TPSA) is 96.4 Å². The summed E-state index contributed by atoms with van der Waals surface area (Å²) >= 11 is 0. The van der Waals surface area contributed by atoms with Crippen LogP contribution in [0, 0.1) is 5.92 Å². The molecule has 4 unspecified atom stereocenters. The van der Waals surface area contributed by atoms with E-state index in [2.05, 4.69) is 0 Å². The second-order valence-electron chi connectivity index (χ2n) is 9.62. The largest absolute Gasteiger partial charge is 0.479 e. The molecule has 1 heterocycles. The minimum absolute atomic E-state index is 0.0162. The molecular weight excluding hydrogens is 448 g/mol. The highest BCUT2D eigenvalue weighted by Gasteiger charge is 2.52. The fourth-order valence-corrected chi connectivity index (χ4v) is 5.51. The first-order chi connectivity index (χ1) is 16.9. The number of carbonyl (C=O) groups is 3. The molecule has 8 heteroatoms. The smallest absolute Gasteiger partial charge is 0.414 e. The molecule has 2 aliphatic carbocycles. The van der Waals surface area contributed by atoms with E-state index in [4.69, 9.17) is 9.47 Å². The molecule has 5 rings (SSSR count). The van der Waals surface area contributed by atoms with Gasteiger partial charge in [0.25, 0.3) is 0 Å². The molecule has 8 nitrogen and oxygen atoms in total. The summed E-state index contributed by atoms with van der Waals surface area (Å²) in [4.78, 5) is 41.2. The van der Waals surface area contributed by atoms with Gasteiger partial charge in [-0.15, -0.1) is 0 Å². The molecular formula is C27H30N2O6. The number of carboxylic acid groups (broad SMARTS) is 1. The van der Waals surface area contributed by atoms with Crippen molar-refractivity contribution in [2.24, 2.45) is 5.92 Å². The predicted octanol–water partition coefficient (Wildman–Crippen LogP) is 4.61. The van der Waals surface area contributed by atoms with Crippen molar-refractivity contribution in [2.45, 2.75) is 69.9 Å². The van der Waals surface area contributed by atoms with Gasteiger partial charge >= 0.3 is 18.2 Å². The van der Waals surface area contributed by atoms with E-state index in [1.165, 1.54) is 6.92 Å². The number of ether oxygens (including phenoxy) is 2. The van der Waals surface area contributed by atoms with Gasteiger partial charge in [-0.2, -0.15) is 0 Å². The van der Waals surface area contributed by atoms with E-state index >= 15 is 0 Å². The van der Waals surface area contributed by atoms with Crippen LogP contribution in [-0.2, 0) is 27.3 Å². The summed E-state index contributed by atoms with van der Waals surface area (Å²) in [7, 11) is 0. The SMILES string of the molecule is CC(OC(=O)N(C1CC1)C1CCC2C1Cc1ccccc1N2C(=O)OCc1ccccc1)C(=O)O. The quantitative estimate of drug-likeness (QED) is 0.652. The zero-order valence-electron chi connectivity index (χ0n) is 19.7. The van der Waals surface area contributed by atoms with Crippen molar-refractivity contribution < 1.29 is 29.0 Å². The maximum Gasteiger partial charge on any atom is 0.414 e. The lowest BCUT2D eigenvalue weighted by Gasteiger charge is -2.42. The third-order valence-electron chi connectivity index (χ3n) is 7.32. The van der Waals surface area contributed by atoms with Crippen molar-refractivity contribution in [3.8, 4) is 0 Å². The van der Waals surface area contributed by atoms with Gasteiger partial charge in [0, 0.05) is 24.0 Å². The summed E-state index contributed by atoms with van der Waals surface area (Å²) in [5.41, 5.74) is 2.81. The first-order valence-electron chi connectivity index (χ1n) is 12.2. The molecule has 0 radical (unpaired) electrons. The fourth-order valence-electron chi connectivity index (χ4n) is 5.51. The number of aliphatic carboxylic acids is 1. The van der Waals surface area contributed by atoms with Gasteiger partial charge in [0.2, 0.25) is 0 Å². The lowest BCUT2D eigenvalue weighted by Crippen LogP contribution is -2.53. The van der Waals surface area contributed by atoms with Gasteiger partial charge < -0.3 is 19.5 Å². The normalized spacial score (nSPS) is 23.6. The first kappa shape index (κ1) is 23.2. The zero-order chi connectivity index (χ0) is 24.5. The van der Waals surface area contributed by atoms with Gasteiger partial charge in [-0.3, -0.25) is 4.90 Å². The molecule has 3 aliphatic rings. The number of anilines is 1. The van der Waals surface area contributed by atoms with Crippen LogP contribution < -0.4 is 4.90 Å². The number of benzene rings is 2. The van der Waals surface area contributed by atoms with Crippen molar-refractivity contribution in [3.63, 3.8) is 0 Å². The number of nitrogens with zero attached hydrogens (tertiary/aromatic N) is 2. The number of hydrogen-bond donors (Lipinski definition) is 1. The van der Waals surface area contributed by atoms with Gasteiger partial charge in [-0.05, 0) is 56.2 Å². The van der Waals surface area contributed by atoms with Crippen molar-refractivity contribution >= 4 is 23.8 Å². The Bertz CT molecular complexity index is 1100. The number of fused-ring (bicyclic) bond motifs is 2. The van der Waals surface area contributed by atoms with E-state index < -0.39 is 24.3 Å². The molecule has 2 amide bonds. The monoisotopic (exact) mass is 478 g/mol. The Hall–Kier alpha value is -3.55. The summed E-state index contributed by atoms with van der Waals surface area (Å²) in [6.07, 6.45) is 1.76. The maximum atomic E-state index is 13.4. The van der Waals surface area contributed by atoms with Crippen LogP contribution in [0.3, 0.4) is 0 Å². The molecule has 0 spiro atoms. The number of hydrogen-bond acceptors (Lipinski definition) is 5. The molecule has 35 heavy (non-hydrogen) atoms. The maximum absolute atomic E-state index is 13.4. The Morgan fingerprint density at radius 1 is 1.03 bits per heavy atom. The number of amides is 2.